The fraction of sp³-hybridized carbons (Fsp3) is 0.267. The van der Waals surface area contributed by atoms with Gasteiger partial charge in [0, 0.05) is 18.1 Å². The molecule has 1 amide bonds. The van der Waals surface area contributed by atoms with E-state index in [1.54, 1.807) is 17.5 Å². The SMILES string of the molecule is O=C(Nc1nc2ccccc2s1)C1CCCN1c1nccs1. The zero-order chi connectivity index (χ0) is 14.9. The number of carbonyl (C=O) groups excluding carboxylic acids is 1. The molecule has 0 aliphatic carbocycles. The first-order valence-corrected chi connectivity index (χ1v) is 8.83. The maximum absolute atomic E-state index is 12.6. The van der Waals surface area contributed by atoms with Gasteiger partial charge in [0.05, 0.1) is 10.2 Å². The van der Waals surface area contributed by atoms with E-state index in [1.807, 2.05) is 29.6 Å². The van der Waals surface area contributed by atoms with Crippen LogP contribution in [0.4, 0.5) is 10.3 Å². The summed E-state index contributed by atoms with van der Waals surface area (Å²) in [5.74, 6) is 0.00626. The van der Waals surface area contributed by atoms with Crippen LogP contribution in [0, 0.1) is 0 Å². The highest BCUT2D eigenvalue weighted by Crippen LogP contribution is 2.29. The lowest BCUT2D eigenvalue weighted by Gasteiger charge is -2.22. The zero-order valence-electron chi connectivity index (χ0n) is 11.7. The van der Waals surface area contributed by atoms with Gasteiger partial charge in [-0.05, 0) is 25.0 Å². The molecular weight excluding hydrogens is 316 g/mol. The first-order valence-electron chi connectivity index (χ1n) is 7.14. The van der Waals surface area contributed by atoms with Gasteiger partial charge in [-0.2, -0.15) is 0 Å². The van der Waals surface area contributed by atoms with Crippen molar-refractivity contribution in [1.82, 2.24) is 9.97 Å². The molecular formula is C15H14N4OS2. The highest BCUT2D eigenvalue weighted by Gasteiger charge is 2.32. The van der Waals surface area contributed by atoms with E-state index in [9.17, 15) is 4.79 Å². The molecule has 3 heterocycles. The van der Waals surface area contributed by atoms with E-state index in [1.165, 1.54) is 11.3 Å². The van der Waals surface area contributed by atoms with Gasteiger partial charge in [0.1, 0.15) is 6.04 Å². The van der Waals surface area contributed by atoms with Crippen LogP contribution < -0.4 is 10.2 Å². The molecule has 5 nitrogen and oxygen atoms in total. The minimum atomic E-state index is -0.154. The summed E-state index contributed by atoms with van der Waals surface area (Å²) in [5, 5.41) is 6.49. The topological polar surface area (TPSA) is 58.1 Å². The lowest BCUT2D eigenvalue weighted by Crippen LogP contribution is -2.39. The van der Waals surface area contributed by atoms with Crippen molar-refractivity contribution in [3.8, 4) is 0 Å². The van der Waals surface area contributed by atoms with Gasteiger partial charge in [-0.25, -0.2) is 9.97 Å². The Morgan fingerprint density at radius 3 is 3.09 bits per heavy atom. The van der Waals surface area contributed by atoms with Crippen molar-refractivity contribution in [3.63, 3.8) is 0 Å². The summed E-state index contributed by atoms with van der Waals surface area (Å²) in [6.45, 7) is 0.880. The molecule has 112 valence electrons. The minimum absolute atomic E-state index is 0.00626. The number of benzene rings is 1. The second-order valence-electron chi connectivity index (χ2n) is 5.14. The van der Waals surface area contributed by atoms with E-state index >= 15 is 0 Å². The predicted molar refractivity (Wildman–Crippen MR) is 90.7 cm³/mol. The zero-order valence-corrected chi connectivity index (χ0v) is 13.4. The van der Waals surface area contributed by atoms with Crippen LogP contribution in [0.2, 0.25) is 0 Å². The minimum Gasteiger partial charge on any atom is -0.336 e. The van der Waals surface area contributed by atoms with E-state index in [4.69, 9.17) is 0 Å². The number of amides is 1. The lowest BCUT2D eigenvalue weighted by atomic mass is 10.2. The molecule has 1 aliphatic heterocycles. The van der Waals surface area contributed by atoms with E-state index in [-0.39, 0.29) is 11.9 Å². The van der Waals surface area contributed by atoms with Crippen molar-refractivity contribution in [1.29, 1.82) is 0 Å². The Kier molecular flexibility index (Phi) is 3.51. The van der Waals surface area contributed by atoms with Gasteiger partial charge in [-0.1, -0.05) is 23.5 Å². The van der Waals surface area contributed by atoms with Crippen molar-refractivity contribution in [2.24, 2.45) is 0 Å². The molecule has 1 aliphatic rings. The van der Waals surface area contributed by atoms with Gasteiger partial charge < -0.3 is 10.2 Å². The average molecular weight is 330 g/mol. The van der Waals surface area contributed by atoms with E-state index < -0.39 is 0 Å². The van der Waals surface area contributed by atoms with Gasteiger partial charge in [-0.3, -0.25) is 4.79 Å². The highest BCUT2D eigenvalue weighted by atomic mass is 32.1. The monoisotopic (exact) mass is 330 g/mol. The average Bonchev–Trinajstić information content (AvgIpc) is 3.25. The molecule has 1 N–H and O–H groups in total. The second kappa shape index (κ2) is 5.66. The van der Waals surface area contributed by atoms with Crippen LogP contribution in [0.25, 0.3) is 10.2 Å². The third-order valence-corrected chi connectivity index (χ3v) is 5.50. The number of thiazole rings is 2. The van der Waals surface area contributed by atoms with Gasteiger partial charge in [0.2, 0.25) is 5.91 Å². The van der Waals surface area contributed by atoms with Crippen molar-refractivity contribution in [3.05, 3.63) is 35.8 Å². The Bertz CT molecular complexity index is 766. The lowest BCUT2D eigenvalue weighted by molar-refractivity contribution is -0.117. The van der Waals surface area contributed by atoms with E-state index in [2.05, 4.69) is 20.2 Å². The third kappa shape index (κ3) is 2.46. The molecule has 0 bridgehead atoms. The number of rotatable bonds is 3. The molecule has 0 radical (unpaired) electrons. The largest absolute Gasteiger partial charge is 0.336 e. The van der Waals surface area contributed by atoms with E-state index in [0.29, 0.717) is 5.13 Å². The number of nitrogens with zero attached hydrogens (tertiary/aromatic N) is 3. The van der Waals surface area contributed by atoms with Crippen molar-refractivity contribution >= 4 is 49.1 Å². The maximum atomic E-state index is 12.6. The summed E-state index contributed by atoms with van der Waals surface area (Å²) < 4.78 is 1.08. The molecule has 1 fully saturated rings. The molecule has 22 heavy (non-hydrogen) atoms. The highest BCUT2D eigenvalue weighted by molar-refractivity contribution is 7.22. The van der Waals surface area contributed by atoms with Gasteiger partial charge >= 0.3 is 0 Å². The van der Waals surface area contributed by atoms with Gasteiger partial charge in [0.15, 0.2) is 10.3 Å². The van der Waals surface area contributed by atoms with Crippen LogP contribution in [0.15, 0.2) is 35.8 Å². The van der Waals surface area contributed by atoms with Gasteiger partial charge in [-0.15, -0.1) is 11.3 Å². The molecule has 0 spiro atoms. The molecule has 3 aromatic rings. The van der Waals surface area contributed by atoms with Crippen LogP contribution in [-0.4, -0.2) is 28.5 Å². The summed E-state index contributed by atoms with van der Waals surface area (Å²) in [6, 6.07) is 7.75. The summed E-state index contributed by atoms with van der Waals surface area (Å²) in [5.41, 5.74) is 0.922. The molecule has 1 unspecified atom stereocenters. The molecule has 0 saturated carbocycles. The van der Waals surface area contributed by atoms with Crippen molar-refractivity contribution in [2.75, 3.05) is 16.8 Å². The molecule has 7 heteroatoms. The summed E-state index contributed by atoms with van der Waals surface area (Å²) in [4.78, 5) is 23.5. The standard InChI is InChI=1S/C15H14N4OS2/c20-13(11-5-3-8-19(11)15-16-7-9-21-15)18-14-17-10-4-1-2-6-12(10)22-14/h1-2,4,6-7,9,11H,3,5,8H2,(H,17,18,20). The fourth-order valence-electron chi connectivity index (χ4n) is 2.74. The quantitative estimate of drug-likeness (QED) is 0.800. The van der Waals surface area contributed by atoms with Crippen LogP contribution in [0.3, 0.4) is 0 Å². The Morgan fingerprint density at radius 1 is 1.36 bits per heavy atom. The molecule has 1 atom stereocenters. The normalized spacial score (nSPS) is 18.0. The van der Waals surface area contributed by atoms with Crippen LogP contribution in [-0.2, 0) is 4.79 Å². The Morgan fingerprint density at radius 2 is 2.27 bits per heavy atom. The first kappa shape index (κ1) is 13.7. The smallest absolute Gasteiger partial charge is 0.248 e. The number of hydrogen-bond acceptors (Lipinski definition) is 6. The number of anilines is 2. The van der Waals surface area contributed by atoms with Crippen LogP contribution in [0.5, 0.6) is 0 Å². The molecule has 2 aromatic heterocycles. The van der Waals surface area contributed by atoms with Crippen molar-refractivity contribution in [2.45, 2.75) is 18.9 Å². The first-order chi connectivity index (χ1) is 10.8. The Balaban J connectivity index is 1.53. The summed E-state index contributed by atoms with van der Waals surface area (Å²) >= 11 is 3.08. The Hall–Kier alpha value is -1.99. The van der Waals surface area contributed by atoms with Crippen molar-refractivity contribution < 1.29 is 4.79 Å². The number of hydrogen-bond donors (Lipinski definition) is 1. The second-order valence-corrected chi connectivity index (χ2v) is 7.05. The molecule has 1 aromatic carbocycles. The number of aromatic nitrogens is 2. The third-order valence-electron chi connectivity index (χ3n) is 3.74. The predicted octanol–water partition coefficient (Wildman–Crippen LogP) is 3.36. The summed E-state index contributed by atoms with van der Waals surface area (Å²) in [6.07, 6.45) is 3.65. The fourth-order valence-corrected chi connectivity index (χ4v) is 4.33. The number of nitrogens with one attached hydrogen (secondary N) is 1. The molecule has 1 saturated heterocycles. The van der Waals surface area contributed by atoms with Gasteiger partial charge in [0.25, 0.3) is 0 Å². The van der Waals surface area contributed by atoms with Crippen LogP contribution >= 0.6 is 22.7 Å². The Labute approximate surface area is 135 Å². The van der Waals surface area contributed by atoms with E-state index in [0.717, 1.165) is 34.7 Å². The molecule has 4 rings (SSSR count). The maximum Gasteiger partial charge on any atom is 0.248 e. The van der Waals surface area contributed by atoms with Crippen LogP contribution in [0.1, 0.15) is 12.8 Å². The summed E-state index contributed by atoms with van der Waals surface area (Å²) in [7, 11) is 0. The number of fused-ring (bicyclic) bond motifs is 1. The number of para-hydroxylation sites is 1. The number of carbonyl (C=O) groups is 1.